The van der Waals surface area contributed by atoms with Crippen molar-refractivity contribution in [2.75, 3.05) is 33.2 Å². The van der Waals surface area contributed by atoms with E-state index in [2.05, 4.69) is 64.8 Å². The summed E-state index contributed by atoms with van der Waals surface area (Å²) in [4.78, 5) is 10.8. The summed E-state index contributed by atoms with van der Waals surface area (Å²) in [5.74, 6) is 1.80. The van der Waals surface area contributed by atoms with E-state index in [0.717, 1.165) is 44.9 Å². The maximum Gasteiger partial charge on any atom is 0.0967 e. The summed E-state index contributed by atoms with van der Waals surface area (Å²) in [7, 11) is 2.00. The van der Waals surface area contributed by atoms with Crippen molar-refractivity contribution in [2.24, 2.45) is 10.9 Å². The predicted molar refractivity (Wildman–Crippen MR) is 108 cm³/mol. The van der Waals surface area contributed by atoms with Gasteiger partial charge in [0.25, 0.3) is 0 Å². The molecule has 1 heterocycles. The van der Waals surface area contributed by atoms with Crippen LogP contribution in [0.15, 0.2) is 16.8 Å². The van der Waals surface area contributed by atoms with Crippen LogP contribution in [0.25, 0.3) is 0 Å². The van der Waals surface area contributed by atoms with Crippen molar-refractivity contribution in [2.45, 2.75) is 63.9 Å². The number of halogens is 1. The molecule has 0 aromatic heterocycles. The van der Waals surface area contributed by atoms with E-state index in [-0.39, 0.29) is 0 Å². The average Bonchev–Trinajstić information content (AvgIpc) is 2.56. The van der Waals surface area contributed by atoms with E-state index < -0.39 is 0 Å². The summed E-state index contributed by atoms with van der Waals surface area (Å²) < 4.78 is 0. The van der Waals surface area contributed by atoms with Gasteiger partial charge >= 0.3 is 0 Å². The molecule has 0 saturated carbocycles. The Kier molecular flexibility index (Phi) is 7.60. The zero-order valence-electron chi connectivity index (χ0n) is 16.1. The molecule has 0 amide bonds. The molecule has 138 valence electrons. The largest absolute Gasteiger partial charge is 0.377 e. The van der Waals surface area contributed by atoms with E-state index in [1.54, 1.807) is 0 Å². The van der Waals surface area contributed by atoms with E-state index in [4.69, 9.17) is 4.99 Å². The van der Waals surface area contributed by atoms with Crippen LogP contribution >= 0.6 is 15.9 Å². The minimum absolute atomic E-state index is 0.379. The Hall–Kier alpha value is -0.550. The lowest BCUT2D eigenvalue weighted by atomic mass is 10.0. The van der Waals surface area contributed by atoms with Gasteiger partial charge in [0, 0.05) is 51.4 Å². The molecule has 0 spiro atoms. The first-order valence-electron chi connectivity index (χ1n) is 9.53. The lowest BCUT2D eigenvalue weighted by molar-refractivity contribution is 0.106. The highest BCUT2D eigenvalue weighted by Gasteiger charge is 2.30. The number of hydrogen-bond acceptors (Lipinski definition) is 3. The van der Waals surface area contributed by atoms with Crippen LogP contribution in [-0.4, -0.2) is 65.8 Å². The Morgan fingerprint density at radius 2 is 1.96 bits per heavy atom. The third-order valence-corrected chi connectivity index (χ3v) is 6.14. The van der Waals surface area contributed by atoms with Gasteiger partial charge in [-0.15, -0.1) is 0 Å². The second-order valence-electron chi connectivity index (χ2n) is 7.50. The Morgan fingerprint density at radius 3 is 2.38 bits per heavy atom. The van der Waals surface area contributed by atoms with Crippen LogP contribution in [-0.2, 0) is 0 Å². The number of amidine groups is 1. The molecule has 0 aromatic rings. The third kappa shape index (κ3) is 4.98. The molecular weight excluding hydrogens is 364 g/mol. The number of alkyl halides is 1. The van der Waals surface area contributed by atoms with Gasteiger partial charge in [-0.1, -0.05) is 42.8 Å². The number of rotatable bonds is 7. The van der Waals surface area contributed by atoms with Gasteiger partial charge in [-0.05, 0) is 25.7 Å². The van der Waals surface area contributed by atoms with Crippen molar-refractivity contribution in [3.05, 3.63) is 11.8 Å². The van der Waals surface area contributed by atoms with Gasteiger partial charge in [-0.2, -0.15) is 0 Å². The Labute approximate surface area is 156 Å². The first-order valence-corrected chi connectivity index (χ1v) is 10.4. The second kappa shape index (κ2) is 9.23. The lowest BCUT2D eigenvalue weighted by Gasteiger charge is -2.44. The van der Waals surface area contributed by atoms with Crippen LogP contribution in [0.3, 0.4) is 0 Å². The SMILES string of the molecule is CC[C@@H](/N=C(/CC(C)C)NC)C(C)N1CCN(C2=CC[C@@H]2Br)CC1. The number of piperazine rings is 1. The van der Waals surface area contributed by atoms with E-state index >= 15 is 0 Å². The molecule has 0 bridgehead atoms. The Bertz CT molecular complexity index is 452. The van der Waals surface area contributed by atoms with Gasteiger partial charge < -0.3 is 10.2 Å². The molecular formula is C19H35BrN4. The van der Waals surface area contributed by atoms with Crippen molar-refractivity contribution >= 4 is 21.8 Å². The molecule has 0 aromatic carbocycles. The molecule has 1 fully saturated rings. The monoisotopic (exact) mass is 398 g/mol. The van der Waals surface area contributed by atoms with Crippen LogP contribution in [0.2, 0.25) is 0 Å². The van der Waals surface area contributed by atoms with Gasteiger partial charge in [0.15, 0.2) is 0 Å². The van der Waals surface area contributed by atoms with Gasteiger partial charge in [-0.25, -0.2) is 0 Å². The normalized spacial score (nSPS) is 25.3. The van der Waals surface area contributed by atoms with E-state index in [9.17, 15) is 0 Å². The maximum atomic E-state index is 5.05. The van der Waals surface area contributed by atoms with Crippen LogP contribution in [0, 0.1) is 5.92 Å². The summed E-state index contributed by atoms with van der Waals surface area (Å²) in [5, 5.41) is 3.31. The fourth-order valence-electron chi connectivity index (χ4n) is 3.62. The molecule has 1 unspecified atom stereocenters. The van der Waals surface area contributed by atoms with E-state index in [1.165, 1.54) is 12.1 Å². The molecule has 24 heavy (non-hydrogen) atoms. The van der Waals surface area contributed by atoms with Crippen LogP contribution in [0.5, 0.6) is 0 Å². The molecule has 1 saturated heterocycles. The van der Waals surface area contributed by atoms with Gasteiger partial charge in [0.05, 0.1) is 16.7 Å². The van der Waals surface area contributed by atoms with Gasteiger partial charge in [0.2, 0.25) is 0 Å². The van der Waals surface area contributed by atoms with Crippen molar-refractivity contribution < 1.29 is 0 Å². The highest BCUT2D eigenvalue weighted by atomic mass is 79.9. The van der Waals surface area contributed by atoms with Crippen molar-refractivity contribution in [3.63, 3.8) is 0 Å². The van der Waals surface area contributed by atoms with Crippen LogP contribution in [0.4, 0.5) is 0 Å². The Balaban J connectivity index is 1.91. The van der Waals surface area contributed by atoms with Crippen molar-refractivity contribution in [1.82, 2.24) is 15.1 Å². The zero-order chi connectivity index (χ0) is 17.7. The molecule has 5 heteroatoms. The maximum absolute atomic E-state index is 5.05. The summed E-state index contributed by atoms with van der Waals surface area (Å²) in [6.07, 6.45) is 5.68. The zero-order valence-corrected chi connectivity index (χ0v) is 17.6. The number of nitrogens with zero attached hydrogens (tertiary/aromatic N) is 3. The summed E-state index contributed by atoms with van der Waals surface area (Å²) in [6, 6.07) is 0.882. The van der Waals surface area contributed by atoms with Crippen molar-refractivity contribution in [1.29, 1.82) is 0 Å². The first-order chi connectivity index (χ1) is 11.5. The fourth-order valence-corrected chi connectivity index (χ4v) is 4.28. The molecule has 2 rings (SSSR count). The number of allylic oxidation sites excluding steroid dienone is 2. The smallest absolute Gasteiger partial charge is 0.0967 e. The van der Waals surface area contributed by atoms with Gasteiger partial charge in [-0.3, -0.25) is 9.89 Å². The Morgan fingerprint density at radius 1 is 1.29 bits per heavy atom. The van der Waals surface area contributed by atoms with E-state index in [0.29, 0.717) is 22.8 Å². The number of aliphatic imine (C=N–C) groups is 1. The first kappa shape index (κ1) is 19.8. The quantitative estimate of drug-likeness (QED) is 0.404. The standard InChI is InChI=1S/C19H35BrN4/c1-6-17(22-19(21-5)13-14(2)3)15(4)23-9-11-24(12-10-23)18-8-7-16(18)20/h8,14-17H,6-7,9-13H2,1-5H3,(H,21,22)/t15?,16-,17+/m0/s1. The van der Waals surface area contributed by atoms with Crippen LogP contribution < -0.4 is 5.32 Å². The molecule has 1 N–H and O–H groups in total. The molecule has 1 aliphatic carbocycles. The molecule has 4 nitrogen and oxygen atoms in total. The van der Waals surface area contributed by atoms with E-state index in [1.807, 2.05) is 7.05 Å². The topological polar surface area (TPSA) is 30.9 Å². The van der Waals surface area contributed by atoms with Gasteiger partial charge in [0.1, 0.15) is 0 Å². The highest BCUT2D eigenvalue weighted by Crippen LogP contribution is 2.30. The lowest BCUT2D eigenvalue weighted by Crippen LogP contribution is -2.53. The summed E-state index contributed by atoms with van der Waals surface area (Å²) in [5.41, 5.74) is 1.50. The number of nitrogens with one attached hydrogen (secondary N) is 1. The summed E-state index contributed by atoms with van der Waals surface area (Å²) >= 11 is 3.75. The molecule has 1 aliphatic heterocycles. The average molecular weight is 399 g/mol. The van der Waals surface area contributed by atoms with Crippen molar-refractivity contribution in [3.8, 4) is 0 Å². The minimum Gasteiger partial charge on any atom is -0.377 e. The highest BCUT2D eigenvalue weighted by molar-refractivity contribution is 9.09. The van der Waals surface area contributed by atoms with Crippen LogP contribution in [0.1, 0.15) is 47.0 Å². The molecule has 0 radical (unpaired) electrons. The molecule has 2 aliphatic rings. The minimum atomic E-state index is 0.379. The number of hydrogen-bond donors (Lipinski definition) is 1. The predicted octanol–water partition coefficient (Wildman–Crippen LogP) is 3.49. The molecule has 3 atom stereocenters. The fraction of sp³-hybridized carbons (Fsp3) is 0.842. The summed E-state index contributed by atoms with van der Waals surface area (Å²) in [6.45, 7) is 13.7. The third-order valence-electron chi connectivity index (χ3n) is 5.30. The second-order valence-corrected chi connectivity index (χ2v) is 8.60.